The van der Waals surface area contributed by atoms with Gasteiger partial charge in [0, 0.05) is 0 Å². The van der Waals surface area contributed by atoms with Crippen LogP contribution in [0.2, 0.25) is 0 Å². The Morgan fingerprint density at radius 2 is 0.822 bits per heavy atom. The first-order valence-corrected chi connectivity index (χ1v) is 17.0. The van der Waals surface area contributed by atoms with E-state index in [1.807, 2.05) is 107 Å². The van der Waals surface area contributed by atoms with Crippen LogP contribution in [0.15, 0.2) is 24.3 Å². The number of aliphatic carboxylic acids is 2. The maximum absolute atomic E-state index is 12.9. The van der Waals surface area contributed by atoms with E-state index >= 15 is 0 Å². The lowest BCUT2D eigenvalue weighted by molar-refractivity contribution is -0.146. The summed E-state index contributed by atoms with van der Waals surface area (Å²) in [7, 11) is 0. The van der Waals surface area contributed by atoms with Gasteiger partial charge in [0.15, 0.2) is 0 Å². The third kappa shape index (κ3) is 5.99. The number of hydrogen-bond acceptors (Lipinski definition) is 5. The molecule has 6 nitrogen and oxygen atoms in total. The first-order valence-electron chi connectivity index (χ1n) is 16.2. The number of aromatic hydroxyl groups is 2. The van der Waals surface area contributed by atoms with Crippen molar-refractivity contribution in [2.24, 2.45) is 11.8 Å². The lowest BCUT2D eigenvalue weighted by atomic mass is 9.65. The van der Waals surface area contributed by atoms with Crippen LogP contribution in [-0.2, 0) is 40.7 Å². The molecule has 4 rings (SSSR count). The Morgan fingerprint density at radius 1 is 0.578 bits per heavy atom. The Kier molecular flexibility index (Phi) is 8.57. The van der Waals surface area contributed by atoms with Gasteiger partial charge in [-0.2, -0.15) is 0 Å². The van der Waals surface area contributed by atoms with Crippen molar-refractivity contribution in [1.82, 2.24) is 0 Å². The third-order valence-electron chi connectivity index (χ3n) is 10.1. The van der Waals surface area contributed by atoms with Crippen LogP contribution in [0.25, 0.3) is 0 Å². The second kappa shape index (κ2) is 11.0. The normalized spacial score (nSPS) is 25.8. The molecule has 0 aromatic heterocycles. The van der Waals surface area contributed by atoms with Crippen LogP contribution in [0.4, 0.5) is 0 Å². The van der Waals surface area contributed by atoms with Gasteiger partial charge in [0.2, 0.25) is 0 Å². The maximum atomic E-state index is 12.9. The minimum absolute atomic E-state index is 0.232. The Bertz CT molecular complexity index is 1330. The predicted molar refractivity (Wildman–Crippen MR) is 183 cm³/mol. The number of rotatable bonds is 6. The number of benzene rings is 2. The zero-order valence-corrected chi connectivity index (χ0v) is 30.1. The minimum atomic E-state index is -0.907. The van der Waals surface area contributed by atoms with E-state index in [9.17, 15) is 30.0 Å². The van der Waals surface area contributed by atoms with Crippen molar-refractivity contribution in [3.8, 4) is 11.5 Å². The number of phenolic OH excluding ortho intramolecular Hbond substituents is 2. The van der Waals surface area contributed by atoms with E-state index in [2.05, 4.69) is 0 Å². The highest BCUT2D eigenvalue weighted by molar-refractivity contribution is 8.01. The van der Waals surface area contributed by atoms with Crippen molar-refractivity contribution in [3.63, 3.8) is 0 Å². The zero-order chi connectivity index (χ0) is 34.3. The van der Waals surface area contributed by atoms with Crippen LogP contribution in [0.3, 0.4) is 0 Å². The van der Waals surface area contributed by atoms with E-state index in [-0.39, 0.29) is 11.5 Å². The Hall–Kier alpha value is -2.67. The van der Waals surface area contributed by atoms with Gasteiger partial charge < -0.3 is 20.4 Å². The van der Waals surface area contributed by atoms with E-state index in [1.165, 1.54) is 11.8 Å². The number of hydrogen-bond donors (Lipinski definition) is 4. The summed E-state index contributed by atoms with van der Waals surface area (Å²) >= 11 is 1.51. The molecule has 0 heterocycles. The molecule has 7 heteroatoms. The molecule has 248 valence electrons. The number of carboxylic acid groups (broad SMARTS) is 2. The summed E-state index contributed by atoms with van der Waals surface area (Å²) < 4.78 is -1.81. The van der Waals surface area contributed by atoms with Crippen molar-refractivity contribution in [2.75, 3.05) is 0 Å². The van der Waals surface area contributed by atoms with E-state index in [0.29, 0.717) is 25.7 Å². The molecule has 0 spiro atoms. The van der Waals surface area contributed by atoms with E-state index in [0.717, 1.165) is 33.4 Å². The quantitative estimate of drug-likeness (QED) is 0.249. The molecule has 4 N–H and O–H groups in total. The van der Waals surface area contributed by atoms with Gasteiger partial charge in [0.1, 0.15) is 11.5 Å². The van der Waals surface area contributed by atoms with Crippen molar-refractivity contribution in [2.45, 2.75) is 140 Å². The van der Waals surface area contributed by atoms with Crippen molar-refractivity contribution in [1.29, 1.82) is 0 Å². The van der Waals surface area contributed by atoms with Gasteiger partial charge in [0.25, 0.3) is 0 Å². The Morgan fingerprint density at radius 3 is 0.978 bits per heavy atom. The summed E-state index contributed by atoms with van der Waals surface area (Å²) in [6.45, 7) is 24.5. The molecule has 2 aromatic carbocycles. The molecule has 0 bridgehead atoms. The number of carbonyl (C=O) groups is 2. The molecule has 2 aliphatic carbocycles. The molecule has 2 aromatic rings. The largest absolute Gasteiger partial charge is 0.507 e. The van der Waals surface area contributed by atoms with Gasteiger partial charge in [-0.05, 0) is 80.7 Å². The number of carboxylic acids is 2. The van der Waals surface area contributed by atoms with Crippen LogP contribution in [0, 0.1) is 11.8 Å². The van der Waals surface area contributed by atoms with Crippen LogP contribution >= 0.6 is 11.8 Å². The van der Waals surface area contributed by atoms with Crippen LogP contribution in [-0.4, -0.2) is 32.4 Å². The molecule has 45 heavy (non-hydrogen) atoms. The lowest BCUT2D eigenvalue weighted by Gasteiger charge is -2.57. The van der Waals surface area contributed by atoms with Crippen molar-refractivity contribution >= 4 is 23.7 Å². The van der Waals surface area contributed by atoms with Crippen LogP contribution in [0.5, 0.6) is 11.5 Å². The molecule has 0 saturated heterocycles. The fourth-order valence-corrected chi connectivity index (χ4v) is 9.45. The smallest absolute Gasteiger partial charge is 0.308 e. The molecule has 0 radical (unpaired) electrons. The Balaban J connectivity index is 2.08. The molecule has 0 amide bonds. The highest BCUT2D eigenvalue weighted by Gasteiger charge is 2.62. The summed E-state index contributed by atoms with van der Waals surface area (Å²) in [6.07, 6.45) is 2.14. The summed E-state index contributed by atoms with van der Waals surface area (Å²) in [5.74, 6) is -2.77. The van der Waals surface area contributed by atoms with E-state index < -0.39 is 54.9 Å². The van der Waals surface area contributed by atoms with Gasteiger partial charge in [-0.25, -0.2) is 0 Å². The van der Waals surface area contributed by atoms with Gasteiger partial charge in [-0.1, -0.05) is 107 Å². The summed E-state index contributed by atoms with van der Waals surface area (Å²) in [5, 5.41) is 44.2. The molecular formula is C38H54O6S. The number of thioether (sulfide) groups is 1. The standard InChI is InChI=1S/C38H54O6S/c1-33(2,3)25-17-21(18-26(29(25)39)34(4,5)6)37(15-13-23(37)31(41)42)45-38(16-14-24(38)32(43)44)22-19-27(35(7,8)9)30(40)28(20-22)36(10,11)12/h17-20,23-24,39-40H,13-16H2,1-12H3,(H,41,42)(H,43,44). The van der Waals surface area contributed by atoms with Crippen LogP contribution < -0.4 is 0 Å². The maximum Gasteiger partial charge on any atom is 0.308 e. The summed E-state index contributed by atoms with van der Waals surface area (Å²) in [5.41, 5.74) is 3.06. The SMILES string of the molecule is CC(C)(C)c1cc(C2(SC3(c4cc(C(C)(C)C)c(O)c(C(C)(C)C)c4)CCC3C(=O)O)CCC2C(=O)O)cc(C(C)(C)C)c1O. The second-order valence-electron chi connectivity index (χ2n) is 17.6. The molecule has 0 aliphatic heterocycles. The first-order chi connectivity index (χ1) is 20.3. The average molecular weight is 639 g/mol. The summed E-state index contributed by atoms with van der Waals surface area (Å²) in [6, 6.07) is 7.92. The minimum Gasteiger partial charge on any atom is -0.507 e. The molecule has 2 aliphatic rings. The third-order valence-corrected chi connectivity index (χ3v) is 12.3. The molecule has 2 saturated carbocycles. The van der Waals surface area contributed by atoms with E-state index in [1.54, 1.807) is 0 Å². The fourth-order valence-electron chi connectivity index (χ4n) is 7.17. The second-order valence-corrected chi connectivity index (χ2v) is 19.2. The van der Waals surface area contributed by atoms with Crippen molar-refractivity contribution < 1.29 is 30.0 Å². The lowest BCUT2D eigenvalue weighted by Crippen LogP contribution is -2.54. The average Bonchev–Trinajstić information content (AvgIpc) is 2.80. The summed E-state index contributed by atoms with van der Waals surface area (Å²) in [4.78, 5) is 25.9. The van der Waals surface area contributed by atoms with Gasteiger partial charge >= 0.3 is 11.9 Å². The first kappa shape index (κ1) is 35.2. The molecule has 4 unspecified atom stereocenters. The molecular weight excluding hydrogens is 584 g/mol. The molecule has 2 fully saturated rings. The van der Waals surface area contributed by atoms with Crippen molar-refractivity contribution in [3.05, 3.63) is 57.6 Å². The van der Waals surface area contributed by atoms with Gasteiger partial charge in [-0.3, -0.25) is 9.59 Å². The van der Waals surface area contributed by atoms with E-state index in [4.69, 9.17) is 0 Å². The predicted octanol–water partition coefficient (Wildman–Crippen LogP) is 9.10. The van der Waals surface area contributed by atoms with Crippen LogP contribution in [0.1, 0.15) is 142 Å². The monoisotopic (exact) mass is 638 g/mol. The van der Waals surface area contributed by atoms with Gasteiger partial charge in [0.05, 0.1) is 21.3 Å². The fraction of sp³-hybridized carbons (Fsp3) is 0.632. The Labute approximate surface area is 274 Å². The highest BCUT2D eigenvalue weighted by atomic mass is 32.2. The zero-order valence-electron chi connectivity index (χ0n) is 29.3. The highest BCUT2D eigenvalue weighted by Crippen LogP contribution is 2.69. The molecule has 4 atom stereocenters. The van der Waals surface area contributed by atoms with Gasteiger partial charge in [-0.15, -0.1) is 11.8 Å². The number of phenols is 2. The topological polar surface area (TPSA) is 115 Å².